The lowest BCUT2D eigenvalue weighted by molar-refractivity contribution is 0.0385. The number of carbonyl (C=O) groups excluding carboxylic acids is 1. The zero-order chi connectivity index (χ0) is 13.2. The minimum Gasteiger partial charge on any atom is -0.446 e. The van der Waals surface area contributed by atoms with E-state index in [1.165, 1.54) is 19.3 Å². The first kappa shape index (κ1) is 12.5. The Bertz CT molecular complexity index is 426. The number of nitrogens with zero attached hydrogens (tertiary/aromatic N) is 1. The van der Waals surface area contributed by atoms with Crippen molar-refractivity contribution in [2.75, 3.05) is 0 Å². The van der Waals surface area contributed by atoms with Crippen molar-refractivity contribution >= 4 is 6.09 Å². The van der Waals surface area contributed by atoms with Crippen LogP contribution in [0.1, 0.15) is 50.1 Å². The maximum atomic E-state index is 11.2. The molecule has 2 saturated carbocycles. The van der Waals surface area contributed by atoms with Crippen molar-refractivity contribution in [2.24, 2.45) is 17.6 Å². The van der Waals surface area contributed by atoms with Crippen molar-refractivity contribution in [3.05, 3.63) is 18.2 Å². The summed E-state index contributed by atoms with van der Waals surface area (Å²) >= 11 is 0. The fraction of sp³-hybridized carbons (Fsp3) is 0.714. The number of nitrogens with one attached hydrogen (secondary N) is 1. The smallest absolute Gasteiger partial charge is 0.404 e. The Hall–Kier alpha value is -1.52. The van der Waals surface area contributed by atoms with Crippen LogP contribution in [-0.4, -0.2) is 22.2 Å². The van der Waals surface area contributed by atoms with Gasteiger partial charge in [0.05, 0.1) is 6.33 Å². The predicted molar refractivity (Wildman–Crippen MR) is 70.5 cm³/mol. The lowest BCUT2D eigenvalue weighted by Crippen LogP contribution is -2.33. The number of hydrogen-bond acceptors (Lipinski definition) is 3. The van der Waals surface area contributed by atoms with E-state index in [0.717, 1.165) is 25.0 Å². The molecule has 1 aromatic heterocycles. The molecule has 1 amide bonds. The highest BCUT2D eigenvalue weighted by molar-refractivity contribution is 5.65. The van der Waals surface area contributed by atoms with E-state index in [1.54, 1.807) is 6.33 Å². The molecule has 1 aromatic rings. The van der Waals surface area contributed by atoms with Crippen LogP contribution in [0.15, 0.2) is 12.5 Å². The van der Waals surface area contributed by atoms with Gasteiger partial charge in [0.25, 0.3) is 0 Å². The largest absolute Gasteiger partial charge is 0.446 e. The molecule has 3 unspecified atom stereocenters. The molecule has 1 heterocycles. The van der Waals surface area contributed by atoms with Crippen molar-refractivity contribution in [3.8, 4) is 0 Å². The normalized spacial score (nSPS) is 28.8. The first-order chi connectivity index (χ1) is 9.25. The number of amides is 1. The molecule has 0 bridgehead atoms. The second-order valence-electron chi connectivity index (χ2n) is 5.81. The summed E-state index contributed by atoms with van der Waals surface area (Å²) in [5, 5.41) is 0. The lowest BCUT2D eigenvalue weighted by Gasteiger charge is -2.29. The number of carbonyl (C=O) groups is 1. The molecule has 3 atom stereocenters. The highest BCUT2D eigenvalue weighted by atomic mass is 16.6. The van der Waals surface area contributed by atoms with Crippen molar-refractivity contribution < 1.29 is 9.53 Å². The minimum atomic E-state index is -0.633. The maximum absolute atomic E-state index is 11.2. The summed E-state index contributed by atoms with van der Waals surface area (Å²) in [6.45, 7) is 0. The standard InChI is InChI=1S/C14H21N3O2/c15-14(18)19-13(9-4-2-1-3-5-9)11-6-10(11)12-7-16-8-17-12/h7-11,13H,1-6H2,(H2,15,18)(H,16,17). The molecule has 2 aliphatic carbocycles. The van der Waals surface area contributed by atoms with Crippen molar-refractivity contribution in [3.63, 3.8) is 0 Å². The summed E-state index contributed by atoms with van der Waals surface area (Å²) < 4.78 is 5.45. The van der Waals surface area contributed by atoms with Crippen LogP contribution >= 0.6 is 0 Å². The van der Waals surface area contributed by atoms with Crippen molar-refractivity contribution in [1.82, 2.24) is 9.97 Å². The Balaban J connectivity index is 1.68. The molecule has 3 N–H and O–H groups in total. The number of aromatic amines is 1. The molecule has 0 aliphatic heterocycles. The third-order valence-corrected chi connectivity index (χ3v) is 4.55. The Labute approximate surface area is 112 Å². The molecule has 2 fully saturated rings. The van der Waals surface area contributed by atoms with E-state index in [4.69, 9.17) is 10.5 Å². The quantitative estimate of drug-likeness (QED) is 0.876. The molecular weight excluding hydrogens is 242 g/mol. The van der Waals surface area contributed by atoms with Crippen LogP contribution in [0.4, 0.5) is 4.79 Å². The lowest BCUT2D eigenvalue weighted by atomic mass is 9.83. The van der Waals surface area contributed by atoms with Gasteiger partial charge in [-0.05, 0) is 25.2 Å². The number of primary amides is 1. The van der Waals surface area contributed by atoms with Gasteiger partial charge >= 0.3 is 6.09 Å². The van der Waals surface area contributed by atoms with E-state index >= 15 is 0 Å². The van der Waals surface area contributed by atoms with E-state index in [2.05, 4.69) is 9.97 Å². The summed E-state index contributed by atoms with van der Waals surface area (Å²) in [5.74, 6) is 1.35. The maximum Gasteiger partial charge on any atom is 0.404 e. The van der Waals surface area contributed by atoms with Gasteiger partial charge in [0, 0.05) is 23.7 Å². The van der Waals surface area contributed by atoms with Gasteiger partial charge in [-0.3, -0.25) is 0 Å². The van der Waals surface area contributed by atoms with Crippen LogP contribution in [0.25, 0.3) is 0 Å². The highest BCUT2D eigenvalue weighted by Gasteiger charge is 2.49. The average Bonchev–Trinajstić information content (AvgIpc) is 3.01. The van der Waals surface area contributed by atoms with E-state index < -0.39 is 6.09 Å². The summed E-state index contributed by atoms with van der Waals surface area (Å²) in [7, 11) is 0. The van der Waals surface area contributed by atoms with Gasteiger partial charge in [0.15, 0.2) is 0 Å². The average molecular weight is 263 g/mol. The second-order valence-corrected chi connectivity index (χ2v) is 5.81. The third kappa shape index (κ3) is 2.74. The van der Waals surface area contributed by atoms with Gasteiger partial charge in [-0.2, -0.15) is 0 Å². The highest BCUT2D eigenvalue weighted by Crippen LogP contribution is 2.52. The fourth-order valence-corrected chi connectivity index (χ4v) is 3.53. The van der Waals surface area contributed by atoms with E-state index in [1.807, 2.05) is 6.20 Å². The SMILES string of the molecule is NC(=O)OC(C1CCCCC1)C1CC1c1cnc[nH]1. The number of H-pyrrole nitrogens is 1. The van der Waals surface area contributed by atoms with Gasteiger partial charge in [-0.1, -0.05) is 19.3 Å². The predicted octanol–water partition coefficient (Wildman–Crippen LogP) is 2.56. The second kappa shape index (κ2) is 5.23. The number of ether oxygens (including phenoxy) is 1. The summed E-state index contributed by atoms with van der Waals surface area (Å²) in [5.41, 5.74) is 6.40. The molecule has 0 saturated heterocycles. The molecule has 0 spiro atoms. The summed E-state index contributed by atoms with van der Waals surface area (Å²) in [4.78, 5) is 18.4. The molecule has 0 radical (unpaired) electrons. The molecule has 19 heavy (non-hydrogen) atoms. The number of hydrogen-bond donors (Lipinski definition) is 2. The van der Waals surface area contributed by atoms with Crippen LogP contribution in [0.5, 0.6) is 0 Å². The van der Waals surface area contributed by atoms with Crippen molar-refractivity contribution in [2.45, 2.75) is 50.5 Å². The molecule has 2 aliphatic rings. The number of aromatic nitrogens is 2. The van der Waals surface area contributed by atoms with Crippen LogP contribution in [0.2, 0.25) is 0 Å². The van der Waals surface area contributed by atoms with Crippen LogP contribution < -0.4 is 5.73 Å². The molecule has 5 nitrogen and oxygen atoms in total. The molecule has 104 valence electrons. The Kier molecular flexibility index (Phi) is 3.44. The van der Waals surface area contributed by atoms with Gasteiger partial charge < -0.3 is 15.5 Å². The van der Waals surface area contributed by atoms with Gasteiger partial charge in [0.2, 0.25) is 0 Å². The Morgan fingerprint density at radius 2 is 2.21 bits per heavy atom. The first-order valence-electron chi connectivity index (χ1n) is 7.20. The Morgan fingerprint density at radius 1 is 1.42 bits per heavy atom. The summed E-state index contributed by atoms with van der Waals surface area (Å²) in [6, 6.07) is 0. The number of imidazole rings is 1. The molecular formula is C14H21N3O2. The molecule has 3 rings (SSSR count). The van der Waals surface area contributed by atoms with Gasteiger partial charge in [0.1, 0.15) is 6.10 Å². The molecule has 5 heteroatoms. The van der Waals surface area contributed by atoms with Crippen LogP contribution in [0.3, 0.4) is 0 Å². The zero-order valence-corrected chi connectivity index (χ0v) is 11.0. The first-order valence-corrected chi connectivity index (χ1v) is 7.20. The topological polar surface area (TPSA) is 81.0 Å². The van der Waals surface area contributed by atoms with E-state index in [9.17, 15) is 4.79 Å². The Morgan fingerprint density at radius 3 is 2.84 bits per heavy atom. The summed E-state index contributed by atoms with van der Waals surface area (Å²) in [6.07, 6.45) is 10.1. The zero-order valence-electron chi connectivity index (χ0n) is 11.0. The number of nitrogens with two attached hydrogens (primary N) is 1. The van der Waals surface area contributed by atoms with Gasteiger partial charge in [-0.25, -0.2) is 9.78 Å². The van der Waals surface area contributed by atoms with E-state index in [0.29, 0.717) is 17.8 Å². The third-order valence-electron chi connectivity index (χ3n) is 4.55. The number of rotatable bonds is 4. The monoisotopic (exact) mass is 263 g/mol. The van der Waals surface area contributed by atoms with Crippen LogP contribution in [0, 0.1) is 11.8 Å². The molecule has 0 aromatic carbocycles. The minimum absolute atomic E-state index is 0.00824. The fourth-order valence-electron chi connectivity index (χ4n) is 3.53. The van der Waals surface area contributed by atoms with Gasteiger partial charge in [-0.15, -0.1) is 0 Å². The van der Waals surface area contributed by atoms with E-state index in [-0.39, 0.29) is 6.10 Å². The van der Waals surface area contributed by atoms with Crippen molar-refractivity contribution in [1.29, 1.82) is 0 Å². The van der Waals surface area contributed by atoms with Crippen LogP contribution in [-0.2, 0) is 4.74 Å².